The Morgan fingerprint density at radius 3 is 2.37 bits per heavy atom. The first-order valence-electron chi connectivity index (χ1n) is 6.39. The minimum Gasteiger partial charge on any atom is -0.456 e. The van der Waals surface area contributed by atoms with Gasteiger partial charge >= 0.3 is 6.09 Å². The SMILES string of the molecule is CCOC(=O)N1CCN(C(=O)c2ccc(C)o2)CC1. The predicted octanol–water partition coefficient (Wildman–Crippen LogP) is 1.50. The molecule has 1 aromatic rings. The molecule has 0 spiro atoms. The van der Waals surface area contributed by atoms with E-state index in [0.29, 0.717) is 44.3 Å². The van der Waals surface area contributed by atoms with Gasteiger partial charge < -0.3 is 19.0 Å². The van der Waals surface area contributed by atoms with Crippen LogP contribution in [0.5, 0.6) is 0 Å². The third-order valence-corrected chi connectivity index (χ3v) is 3.04. The van der Waals surface area contributed by atoms with Gasteiger partial charge in [-0.15, -0.1) is 0 Å². The van der Waals surface area contributed by atoms with Crippen LogP contribution in [0.3, 0.4) is 0 Å². The Labute approximate surface area is 111 Å². The molecule has 2 heterocycles. The number of aryl methyl sites for hydroxylation is 1. The second kappa shape index (κ2) is 5.77. The second-order valence-electron chi connectivity index (χ2n) is 4.39. The topological polar surface area (TPSA) is 63.0 Å². The zero-order chi connectivity index (χ0) is 13.8. The number of carbonyl (C=O) groups excluding carboxylic acids is 2. The van der Waals surface area contributed by atoms with E-state index in [1.54, 1.807) is 35.8 Å². The lowest BCUT2D eigenvalue weighted by atomic mass is 10.3. The molecule has 104 valence electrons. The zero-order valence-electron chi connectivity index (χ0n) is 11.2. The van der Waals surface area contributed by atoms with Gasteiger partial charge in [-0.3, -0.25) is 4.79 Å². The molecule has 0 radical (unpaired) electrons. The van der Waals surface area contributed by atoms with Gasteiger partial charge in [0.15, 0.2) is 5.76 Å². The number of furan rings is 1. The first kappa shape index (κ1) is 13.5. The van der Waals surface area contributed by atoms with Crippen molar-refractivity contribution in [3.05, 3.63) is 23.7 Å². The number of rotatable bonds is 2. The predicted molar refractivity (Wildman–Crippen MR) is 67.9 cm³/mol. The molecule has 2 amide bonds. The zero-order valence-corrected chi connectivity index (χ0v) is 11.2. The van der Waals surface area contributed by atoms with Gasteiger partial charge in [0.05, 0.1) is 6.61 Å². The summed E-state index contributed by atoms with van der Waals surface area (Å²) >= 11 is 0. The Bertz CT molecular complexity index is 461. The summed E-state index contributed by atoms with van der Waals surface area (Å²) in [6.45, 7) is 5.92. The van der Waals surface area contributed by atoms with E-state index < -0.39 is 0 Å². The van der Waals surface area contributed by atoms with E-state index in [4.69, 9.17) is 9.15 Å². The van der Waals surface area contributed by atoms with E-state index in [1.807, 2.05) is 0 Å². The van der Waals surface area contributed by atoms with Crippen molar-refractivity contribution < 1.29 is 18.7 Å². The van der Waals surface area contributed by atoms with Crippen molar-refractivity contribution in [1.29, 1.82) is 0 Å². The van der Waals surface area contributed by atoms with Crippen LogP contribution in [-0.4, -0.2) is 54.6 Å². The van der Waals surface area contributed by atoms with Crippen LogP contribution in [0.25, 0.3) is 0 Å². The van der Waals surface area contributed by atoms with Crippen molar-refractivity contribution in [2.45, 2.75) is 13.8 Å². The van der Waals surface area contributed by atoms with E-state index in [0.717, 1.165) is 0 Å². The van der Waals surface area contributed by atoms with Gasteiger partial charge in [-0.2, -0.15) is 0 Å². The molecule has 0 aliphatic carbocycles. The average Bonchev–Trinajstić information content (AvgIpc) is 2.85. The molecule has 0 saturated carbocycles. The molecule has 1 aliphatic heterocycles. The molecule has 0 unspecified atom stereocenters. The first-order chi connectivity index (χ1) is 9.11. The summed E-state index contributed by atoms with van der Waals surface area (Å²) in [4.78, 5) is 26.9. The van der Waals surface area contributed by atoms with E-state index in [9.17, 15) is 9.59 Å². The minimum atomic E-state index is -0.316. The number of piperazine rings is 1. The van der Waals surface area contributed by atoms with E-state index in [-0.39, 0.29) is 12.0 Å². The standard InChI is InChI=1S/C13H18N2O4/c1-3-18-13(17)15-8-6-14(7-9-15)12(16)11-5-4-10(2)19-11/h4-5H,3,6-9H2,1-2H3. The lowest BCUT2D eigenvalue weighted by Gasteiger charge is -2.33. The summed E-state index contributed by atoms with van der Waals surface area (Å²) in [5, 5.41) is 0. The fraction of sp³-hybridized carbons (Fsp3) is 0.538. The van der Waals surface area contributed by atoms with Crippen molar-refractivity contribution in [3.8, 4) is 0 Å². The Balaban J connectivity index is 1.89. The highest BCUT2D eigenvalue weighted by molar-refractivity contribution is 5.91. The molecule has 0 aromatic carbocycles. The van der Waals surface area contributed by atoms with E-state index >= 15 is 0 Å². The first-order valence-corrected chi connectivity index (χ1v) is 6.39. The van der Waals surface area contributed by atoms with Crippen LogP contribution in [-0.2, 0) is 4.74 Å². The quantitative estimate of drug-likeness (QED) is 0.813. The Kier molecular flexibility index (Phi) is 4.09. The van der Waals surface area contributed by atoms with Crippen molar-refractivity contribution >= 4 is 12.0 Å². The number of hydrogen-bond donors (Lipinski definition) is 0. The smallest absolute Gasteiger partial charge is 0.409 e. The van der Waals surface area contributed by atoms with Crippen LogP contribution in [0, 0.1) is 6.92 Å². The monoisotopic (exact) mass is 266 g/mol. The van der Waals surface area contributed by atoms with Crippen molar-refractivity contribution in [3.63, 3.8) is 0 Å². The highest BCUT2D eigenvalue weighted by Crippen LogP contribution is 2.12. The molecule has 1 saturated heterocycles. The number of carbonyl (C=O) groups is 2. The molecule has 1 aliphatic rings. The molecule has 0 N–H and O–H groups in total. The van der Waals surface area contributed by atoms with Crippen LogP contribution in [0.2, 0.25) is 0 Å². The molecule has 1 aromatic heterocycles. The Morgan fingerprint density at radius 1 is 1.21 bits per heavy atom. The molecule has 19 heavy (non-hydrogen) atoms. The van der Waals surface area contributed by atoms with Crippen LogP contribution in [0.1, 0.15) is 23.2 Å². The van der Waals surface area contributed by atoms with E-state index in [2.05, 4.69) is 0 Å². The third kappa shape index (κ3) is 3.07. The van der Waals surface area contributed by atoms with Crippen LogP contribution in [0.15, 0.2) is 16.5 Å². The van der Waals surface area contributed by atoms with Crippen LogP contribution >= 0.6 is 0 Å². The second-order valence-corrected chi connectivity index (χ2v) is 4.39. The summed E-state index contributed by atoms with van der Waals surface area (Å²) in [7, 11) is 0. The minimum absolute atomic E-state index is 0.128. The van der Waals surface area contributed by atoms with Crippen molar-refractivity contribution in [2.24, 2.45) is 0 Å². The number of ether oxygens (including phenoxy) is 1. The molecule has 0 atom stereocenters. The summed E-state index contributed by atoms with van der Waals surface area (Å²) in [6.07, 6.45) is -0.316. The number of nitrogens with zero attached hydrogens (tertiary/aromatic N) is 2. The fourth-order valence-corrected chi connectivity index (χ4v) is 2.01. The number of hydrogen-bond acceptors (Lipinski definition) is 4. The Hall–Kier alpha value is -1.98. The maximum Gasteiger partial charge on any atom is 0.409 e. The average molecular weight is 266 g/mol. The third-order valence-electron chi connectivity index (χ3n) is 3.04. The molecule has 2 rings (SSSR count). The normalized spacial score (nSPS) is 15.5. The molecular weight excluding hydrogens is 248 g/mol. The summed E-state index contributed by atoms with van der Waals surface area (Å²) < 4.78 is 10.2. The maximum atomic E-state index is 12.1. The largest absolute Gasteiger partial charge is 0.456 e. The van der Waals surface area contributed by atoms with Gasteiger partial charge in [-0.05, 0) is 26.0 Å². The van der Waals surface area contributed by atoms with Crippen molar-refractivity contribution in [2.75, 3.05) is 32.8 Å². The highest BCUT2D eigenvalue weighted by Gasteiger charge is 2.26. The fourth-order valence-electron chi connectivity index (χ4n) is 2.01. The molecular formula is C13H18N2O4. The van der Waals surface area contributed by atoms with Gasteiger partial charge in [0.25, 0.3) is 5.91 Å². The number of amides is 2. The Morgan fingerprint density at radius 2 is 1.84 bits per heavy atom. The summed E-state index contributed by atoms with van der Waals surface area (Å²) in [6, 6.07) is 3.44. The van der Waals surface area contributed by atoms with Crippen LogP contribution < -0.4 is 0 Å². The van der Waals surface area contributed by atoms with Gasteiger partial charge in [-0.1, -0.05) is 0 Å². The summed E-state index contributed by atoms with van der Waals surface area (Å²) in [5.41, 5.74) is 0. The highest BCUT2D eigenvalue weighted by atomic mass is 16.6. The molecule has 6 nitrogen and oxygen atoms in total. The van der Waals surface area contributed by atoms with Gasteiger partial charge in [0.2, 0.25) is 0 Å². The summed E-state index contributed by atoms with van der Waals surface area (Å²) in [5.74, 6) is 0.937. The lowest BCUT2D eigenvalue weighted by molar-refractivity contribution is 0.0545. The van der Waals surface area contributed by atoms with Gasteiger partial charge in [-0.25, -0.2) is 4.79 Å². The maximum absolute atomic E-state index is 12.1. The van der Waals surface area contributed by atoms with Gasteiger partial charge in [0.1, 0.15) is 5.76 Å². The molecule has 6 heteroatoms. The molecule has 0 bridgehead atoms. The molecule has 1 fully saturated rings. The van der Waals surface area contributed by atoms with Crippen LogP contribution in [0.4, 0.5) is 4.79 Å². The van der Waals surface area contributed by atoms with Crippen molar-refractivity contribution in [1.82, 2.24) is 9.80 Å². The van der Waals surface area contributed by atoms with E-state index in [1.165, 1.54) is 0 Å². The lowest BCUT2D eigenvalue weighted by Crippen LogP contribution is -2.50. The van der Waals surface area contributed by atoms with Gasteiger partial charge in [0, 0.05) is 26.2 Å².